The summed E-state index contributed by atoms with van der Waals surface area (Å²) in [6.45, 7) is 41.0. The summed E-state index contributed by atoms with van der Waals surface area (Å²) in [6, 6.07) is 8.94. The molecule has 0 aromatic heterocycles. The largest absolute Gasteiger partial charge is 0.0776 e. The Balaban J connectivity index is -0.0000000884. The van der Waals surface area contributed by atoms with E-state index in [1.54, 1.807) is 0 Å². The molecule has 272 valence electrons. The lowest BCUT2D eigenvalue weighted by Gasteiger charge is -2.40. The highest BCUT2D eigenvalue weighted by molar-refractivity contribution is 5.26. The molecule has 0 unspecified atom stereocenters. The maximum atomic E-state index is 2.38. The second-order valence-electron chi connectivity index (χ2n) is 14.9. The smallest absolute Gasteiger partial charge is 0.0219 e. The van der Waals surface area contributed by atoms with Crippen molar-refractivity contribution in [1.29, 1.82) is 0 Å². The summed E-state index contributed by atoms with van der Waals surface area (Å²) < 4.78 is 0. The molecule has 0 aliphatic heterocycles. The number of hydrogen-bond donors (Lipinski definition) is 0. The molecule has 0 N–H and O–H groups in total. The molecule has 0 heteroatoms. The van der Waals surface area contributed by atoms with Gasteiger partial charge < -0.3 is 0 Å². The predicted octanol–water partition coefficient (Wildman–Crippen LogP) is 17.4. The number of benzene rings is 1. The first kappa shape index (κ1) is 58.7. The van der Waals surface area contributed by atoms with Gasteiger partial charge in [0.15, 0.2) is 0 Å². The Morgan fingerprint density at radius 3 is 0.705 bits per heavy atom. The van der Waals surface area contributed by atoms with Crippen molar-refractivity contribution in [2.24, 2.45) is 29.1 Å². The minimum absolute atomic E-state index is 0. The fourth-order valence-electron chi connectivity index (χ4n) is 5.58. The van der Waals surface area contributed by atoms with Gasteiger partial charge in [-0.15, -0.1) is 0 Å². The van der Waals surface area contributed by atoms with Crippen molar-refractivity contribution < 1.29 is 0 Å². The van der Waals surface area contributed by atoms with Crippen LogP contribution in [0.15, 0.2) is 24.3 Å². The quantitative estimate of drug-likeness (QED) is 0.205. The third-order valence-electron chi connectivity index (χ3n) is 6.84. The van der Waals surface area contributed by atoms with Crippen LogP contribution in [-0.2, 0) is 0 Å². The van der Waals surface area contributed by atoms with Crippen LogP contribution in [0.3, 0.4) is 0 Å². The van der Waals surface area contributed by atoms with E-state index >= 15 is 0 Å². The molecule has 1 aromatic rings. The fraction of sp³-hybridized carbons (Fsp3) is 0.864. The van der Waals surface area contributed by atoms with Crippen LogP contribution < -0.4 is 0 Å². The minimum atomic E-state index is 0. The highest BCUT2D eigenvalue weighted by Crippen LogP contribution is 2.44. The van der Waals surface area contributed by atoms with E-state index in [9.17, 15) is 0 Å². The van der Waals surface area contributed by atoms with E-state index in [-0.39, 0.29) is 22.3 Å². The molecule has 0 heterocycles. The molecule has 0 aliphatic carbocycles. The highest BCUT2D eigenvalue weighted by Gasteiger charge is 2.33. The van der Waals surface area contributed by atoms with Crippen molar-refractivity contribution in [2.75, 3.05) is 0 Å². The lowest BCUT2D eigenvalue weighted by molar-refractivity contribution is 0.111. The first-order chi connectivity index (χ1) is 19.0. The van der Waals surface area contributed by atoms with E-state index in [0.29, 0.717) is 17.3 Å². The van der Waals surface area contributed by atoms with Crippen LogP contribution in [0.5, 0.6) is 0 Å². The summed E-state index contributed by atoms with van der Waals surface area (Å²) in [5.74, 6) is 4.59. The van der Waals surface area contributed by atoms with Crippen molar-refractivity contribution in [3.8, 4) is 0 Å². The van der Waals surface area contributed by atoms with Crippen LogP contribution in [0.2, 0.25) is 0 Å². The van der Waals surface area contributed by atoms with Crippen molar-refractivity contribution in [3.63, 3.8) is 0 Å². The molecule has 0 bridgehead atoms. The van der Waals surface area contributed by atoms with E-state index in [4.69, 9.17) is 0 Å². The van der Waals surface area contributed by atoms with Gasteiger partial charge in [0.1, 0.15) is 0 Å². The van der Waals surface area contributed by atoms with Gasteiger partial charge in [0.25, 0.3) is 0 Å². The van der Waals surface area contributed by atoms with Crippen molar-refractivity contribution in [2.45, 2.75) is 223 Å². The Kier molecular flexibility index (Phi) is 51.3. The van der Waals surface area contributed by atoms with Gasteiger partial charge in [0.05, 0.1) is 0 Å². The van der Waals surface area contributed by atoms with Gasteiger partial charge in [0, 0.05) is 0 Å². The first-order valence-corrected chi connectivity index (χ1v) is 18.1. The zero-order chi connectivity index (χ0) is 33.0. The van der Waals surface area contributed by atoms with Crippen LogP contribution >= 0.6 is 0 Å². The molecule has 0 nitrogen and oxygen atoms in total. The summed E-state index contributed by atoms with van der Waals surface area (Å²) in [7, 11) is 0. The topological polar surface area (TPSA) is 0 Å². The minimum Gasteiger partial charge on any atom is -0.0776 e. The summed E-state index contributed by atoms with van der Waals surface area (Å²) in [5, 5.41) is 0. The molecule has 0 saturated carbocycles. The molecule has 44 heavy (non-hydrogen) atoms. The molecule has 0 saturated heterocycles. The fourth-order valence-corrected chi connectivity index (χ4v) is 5.58. The van der Waals surface area contributed by atoms with E-state index in [1.807, 2.05) is 0 Å². The lowest BCUT2D eigenvalue weighted by atomic mass is 9.65. The molecule has 0 aliphatic rings. The number of rotatable bonds is 13. The summed E-state index contributed by atoms with van der Waals surface area (Å²) in [5.41, 5.74) is 3.45. The molecule has 0 spiro atoms. The van der Waals surface area contributed by atoms with Crippen molar-refractivity contribution in [1.82, 2.24) is 0 Å². The van der Waals surface area contributed by atoms with Crippen LogP contribution in [0.25, 0.3) is 0 Å². The normalized spacial score (nSPS) is 10.3. The Morgan fingerprint density at radius 1 is 0.409 bits per heavy atom. The molecule has 0 atom stereocenters. The monoisotopic (exact) mass is 625 g/mol. The molecule has 0 amide bonds. The van der Waals surface area contributed by atoms with Gasteiger partial charge in [-0.3, -0.25) is 0 Å². The van der Waals surface area contributed by atoms with E-state index in [0.717, 1.165) is 23.7 Å². The lowest BCUT2D eigenvalue weighted by Crippen LogP contribution is -2.29. The maximum Gasteiger partial charge on any atom is -0.0219 e. The van der Waals surface area contributed by atoms with Gasteiger partial charge in [-0.2, -0.15) is 0 Å². The summed E-state index contributed by atoms with van der Waals surface area (Å²) in [6.07, 6.45) is 13.6. The van der Waals surface area contributed by atoms with Gasteiger partial charge in [-0.25, -0.2) is 0 Å². The van der Waals surface area contributed by atoms with Crippen molar-refractivity contribution in [3.05, 3.63) is 35.4 Å². The Hall–Kier alpha value is -0.780. The third-order valence-corrected chi connectivity index (χ3v) is 6.84. The standard InChI is InChI=1S/C17H36.C12H18.C5H12.C4H10.C3H8.3CH4/c1-13(2)9-17(10-14(3)4,11-15(5)6)12-16(7)8;1-9(2)11-5-7-12(8-6-11)10(3)4;1-3-5-4-2;1-3-4-2;1-3-2;;;/h13-16H,9-12H2,1-8H3;5-10H,1-4H3;3-5H2,1-2H3;3-4H2,1-2H3;3H2,1-2H3;3*1H4. The van der Waals surface area contributed by atoms with E-state index in [1.165, 1.54) is 75.3 Å². The number of unbranched alkanes of at least 4 members (excludes halogenated alkanes) is 3. The average molecular weight is 625 g/mol. The molecule has 0 fully saturated rings. The van der Waals surface area contributed by atoms with Gasteiger partial charge in [-0.1, -0.05) is 210 Å². The average Bonchev–Trinajstić information content (AvgIpc) is 2.84. The Morgan fingerprint density at radius 2 is 0.614 bits per heavy atom. The van der Waals surface area contributed by atoms with Crippen LogP contribution in [0, 0.1) is 29.1 Å². The van der Waals surface area contributed by atoms with Crippen LogP contribution in [0.4, 0.5) is 0 Å². The second kappa shape index (κ2) is 38.4. The Bertz CT molecular complexity index is 523. The van der Waals surface area contributed by atoms with Crippen molar-refractivity contribution >= 4 is 0 Å². The second-order valence-corrected chi connectivity index (χ2v) is 14.9. The Labute approximate surface area is 286 Å². The van der Waals surface area contributed by atoms with Gasteiger partial charge in [-0.05, 0) is 77.7 Å². The third kappa shape index (κ3) is 41.2. The maximum absolute atomic E-state index is 2.38. The molecule has 1 rings (SSSR count). The SMILES string of the molecule is C.C.C.CC(C)CC(CC(C)C)(CC(C)C)CC(C)C.CC(C)c1ccc(C(C)C)cc1.CCC.CCCC.CCCCC. The molecular weight excluding hydrogens is 528 g/mol. The zero-order valence-electron chi connectivity index (χ0n) is 32.3. The van der Waals surface area contributed by atoms with Gasteiger partial charge in [0.2, 0.25) is 0 Å². The number of hydrogen-bond acceptors (Lipinski definition) is 0. The summed E-state index contributed by atoms with van der Waals surface area (Å²) in [4.78, 5) is 0. The van der Waals surface area contributed by atoms with Crippen LogP contribution in [-0.4, -0.2) is 0 Å². The molecule has 0 radical (unpaired) electrons. The van der Waals surface area contributed by atoms with Gasteiger partial charge >= 0.3 is 0 Å². The highest BCUT2D eigenvalue weighted by atomic mass is 14.4. The predicted molar refractivity (Wildman–Crippen MR) is 217 cm³/mol. The molecule has 1 aromatic carbocycles. The molecular formula is C44H96. The zero-order valence-corrected chi connectivity index (χ0v) is 32.3. The van der Waals surface area contributed by atoms with E-state index < -0.39 is 0 Å². The summed E-state index contributed by atoms with van der Waals surface area (Å²) >= 11 is 0. The van der Waals surface area contributed by atoms with E-state index in [2.05, 4.69) is 149 Å². The first-order valence-electron chi connectivity index (χ1n) is 18.1. The van der Waals surface area contributed by atoms with Crippen LogP contribution in [0.1, 0.15) is 234 Å².